The molecule has 2 aromatic carbocycles. The SMILES string of the molecule is Cc1cc(F)cc(N(C)c2nc3nncn3c3ccc(F)cc23)c1. The number of anilines is 2. The number of nitrogens with zero attached hydrogens (tertiary/aromatic N) is 5. The fraction of sp³-hybridized carbons (Fsp3) is 0.118. The molecule has 0 unspecified atom stereocenters. The molecule has 5 nitrogen and oxygen atoms in total. The molecular weight excluding hydrogens is 312 g/mol. The molecular formula is C17H13F2N5. The topological polar surface area (TPSA) is 46.3 Å². The summed E-state index contributed by atoms with van der Waals surface area (Å²) in [6.07, 6.45) is 1.53. The number of aryl methyl sites for hydroxylation is 1. The minimum atomic E-state index is -0.373. The standard InChI is InChI=1S/C17H13F2N5/c1-10-5-12(19)7-13(6-10)23(2)16-14-8-11(18)3-4-15(14)24-9-20-22-17(24)21-16/h3-9H,1-2H3. The van der Waals surface area contributed by atoms with E-state index in [1.54, 1.807) is 22.4 Å². The van der Waals surface area contributed by atoms with E-state index in [0.29, 0.717) is 22.7 Å². The van der Waals surface area contributed by atoms with Crippen molar-refractivity contribution in [2.45, 2.75) is 6.92 Å². The zero-order chi connectivity index (χ0) is 16.8. The van der Waals surface area contributed by atoms with Gasteiger partial charge in [0.25, 0.3) is 5.78 Å². The first-order valence-corrected chi connectivity index (χ1v) is 7.33. The summed E-state index contributed by atoms with van der Waals surface area (Å²) in [5.41, 5.74) is 2.13. The van der Waals surface area contributed by atoms with Crippen molar-refractivity contribution in [1.82, 2.24) is 19.6 Å². The Labute approximate surface area is 136 Å². The molecule has 0 radical (unpaired) electrons. The van der Waals surface area contributed by atoms with Crippen LogP contribution in [0.5, 0.6) is 0 Å². The van der Waals surface area contributed by atoms with Crippen LogP contribution in [0.2, 0.25) is 0 Å². The highest BCUT2D eigenvalue weighted by molar-refractivity contribution is 5.93. The van der Waals surface area contributed by atoms with Gasteiger partial charge in [0.1, 0.15) is 23.8 Å². The van der Waals surface area contributed by atoms with E-state index in [2.05, 4.69) is 15.2 Å². The summed E-state index contributed by atoms with van der Waals surface area (Å²) in [4.78, 5) is 6.18. The third kappa shape index (κ3) is 2.25. The summed E-state index contributed by atoms with van der Waals surface area (Å²) in [6.45, 7) is 1.81. The highest BCUT2D eigenvalue weighted by Crippen LogP contribution is 2.31. The molecule has 4 aromatic rings. The maximum absolute atomic E-state index is 13.8. The van der Waals surface area contributed by atoms with Gasteiger partial charge in [0, 0.05) is 18.1 Å². The average molecular weight is 325 g/mol. The van der Waals surface area contributed by atoms with E-state index in [4.69, 9.17) is 0 Å². The van der Waals surface area contributed by atoms with Crippen molar-refractivity contribution in [2.24, 2.45) is 0 Å². The maximum atomic E-state index is 13.8. The normalized spacial score (nSPS) is 11.3. The lowest BCUT2D eigenvalue weighted by atomic mass is 10.1. The first kappa shape index (κ1) is 14.5. The van der Waals surface area contributed by atoms with Crippen LogP contribution in [-0.2, 0) is 0 Å². The van der Waals surface area contributed by atoms with Gasteiger partial charge < -0.3 is 4.90 Å². The molecule has 2 aromatic heterocycles. The van der Waals surface area contributed by atoms with Crippen LogP contribution in [0.3, 0.4) is 0 Å². The Bertz CT molecular complexity index is 1050. The minimum absolute atomic E-state index is 0.337. The van der Waals surface area contributed by atoms with Gasteiger partial charge in [-0.3, -0.25) is 4.40 Å². The van der Waals surface area contributed by atoms with Crippen LogP contribution in [0, 0.1) is 18.6 Å². The van der Waals surface area contributed by atoms with Gasteiger partial charge in [0.15, 0.2) is 0 Å². The highest BCUT2D eigenvalue weighted by Gasteiger charge is 2.16. The fourth-order valence-electron chi connectivity index (χ4n) is 2.82. The Morgan fingerprint density at radius 1 is 1.04 bits per heavy atom. The second-order valence-corrected chi connectivity index (χ2v) is 5.64. The van der Waals surface area contributed by atoms with Crippen LogP contribution < -0.4 is 4.90 Å². The van der Waals surface area contributed by atoms with Crippen LogP contribution in [-0.4, -0.2) is 26.6 Å². The average Bonchev–Trinajstić information content (AvgIpc) is 3.00. The molecule has 120 valence electrons. The van der Waals surface area contributed by atoms with Gasteiger partial charge in [-0.05, 0) is 48.9 Å². The smallest absolute Gasteiger partial charge is 0.257 e. The molecule has 0 saturated heterocycles. The lowest BCUT2D eigenvalue weighted by Crippen LogP contribution is -2.13. The summed E-state index contributed by atoms with van der Waals surface area (Å²) >= 11 is 0. The summed E-state index contributed by atoms with van der Waals surface area (Å²) in [5.74, 6) is 0.164. The molecule has 7 heteroatoms. The predicted molar refractivity (Wildman–Crippen MR) is 87.4 cm³/mol. The van der Waals surface area contributed by atoms with Crippen molar-refractivity contribution in [1.29, 1.82) is 0 Å². The Morgan fingerprint density at radius 2 is 1.88 bits per heavy atom. The molecule has 2 heterocycles. The lowest BCUT2D eigenvalue weighted by Gasteiger charge is -2.21. The van der Waals surface area contributed by atoms with Gasteiger partial charge in [0.05, 0.1) is 5.52 Å². The van der Waals surface area contributed by atoms with Gasteiger partial charge in [-0.15, -0.1) is 10.2 Å². The largest absolute Gasteiger partial charge is 0.329 e. The fourth-order valence-corrected chi connectivity index (χ4v) is 2.82. The van der Waals surface area contributed by atoms with Crippen LogP contribution in [0.4, 0.5) is 20.3 Å². The first-order valence-electron chi connectivity index (χ1n) is 7.33. The number of fused-ring (bicyclic) bond motifs is 3. The van der Waals surface area contributed by atoms with Crippen LogP contribution in [0.15, 0.2) is 42.7 Å². The van der Waals surface area contributed by atoms with E-state index in [9.17, 15) is 8.78 Å². The van der Waals surface area contributed by atoms with Crippen LogP contribution in [0.1, 0.15) is 5.56 Å². The second kappa shape index (κ2) is 5.23. The molecule has 0 N–H and O–H groups in total. The van der Waals surface area contributed by atoms with Gasteiger partial charge >= 0.3 is 0 Å². The van der Waals surface area contributed by atoms with Gasteiger partial charge in [-0.1, -0.05) is 0 Å². The number of hydrogen-bond donors (Lipinski definition) is 0. The van der Waals surface area contributed by atoms with E-state index in [0.717, 1.165) is 11.1 Å². The third-order valence-electron chi connectivity index (χ3n) is 3.93. The molecule has 24 heavy (non-hydrogen) atoms. The second-order valence-electron chi connectivity index (χ2n) is 5.64. The maximum Gasteiger partial charge on any atom is 0.257 e. The number of halogens is 2. The lowest BCUT2D eigenvalue weighted by molar-refractivity contribution is 0.626. The Morgan fingerprint density at radius 3 is 2.67 bits per heavy atom. The van der Waals surface area contributed by atoms with Crippen molar-refractivity contribution in [3.63, 3.8) is 0 Å². The van der Waals surface area contributed by atoms with E-state index in [1.165, 1.54) is 30.6 Å². The van der Waals surface area contributed by atoms with Crippen molar-refractivity contribution in [3.8, 4) is 0 Å². The van der Waals surface area contributed by atoms with E-state index in [-0.39, 0.29) is 11.6 Å². The minimum Gasteiger partial charge on any atom is -0.329 e. The molecule has 0 spiro atoms. The summed E-state index contributed by atoms with van der Waals surface area (Å²) in [6, 6.07) is 9.12. The quantitative estimate of drug-likeness (QED) is 0.564. The first-order chi connectivity index (χ1) is 11.5. The third-order valence-corrected chi connectivity index (χ3v) is 3.93. The monoisotopic (exact) mass is 325 g/mol. The van der Waals surface area contributed by atoms with Gasteiger partial charge in [-0.25, -0.2) is 8.78 Å². The van der Waals surface area contributed by atoms with E-state index < -0.39 is 0 Å². The van der Waals surface area contributed by atoms with Crippen molar-refractivity contribution < 1.29 is 8.78 Å². The Balaban J connectivity index is 2.01. The molecule has 0 aliphatic rings. The molecule has 0 fully saturated rings. The predicted octanol–water partition coefficient (Wildman–Crippen LogP) is 3.63. The number of hydrogen-bond acceptors (Lipinski definition) is 4. The molecule has 0 aliphatic carbocycles. The number of rotatable bonds is 2. The molecule has 0 amide bonds. The zero-order valence-corrected chi connectivity index (χ0v) is 13.0. The Kier molecular flexibility index (Phi) is 3.16. The summed E-state index contributed by atoms with van der Waals surface area (Å²) < 4.78 is 29.2. The van der Waals surface area contributed by atoms with Crippen molar-refractivity contribution in [3.05, 3.63) is 59.9 Å². The molecule has 4 rings (SSSR count). The zero-order valence-electron chi connectivity index (χ0n) is 13.0. The van der Waals surface area contributed by atoms with Crippen LogP contribution in [0.25, 0.3) is 16.7 Å². The summed E-state index contributed by atoms with van der Waals surface area (Å²) in [5, 5.41) is 8.41. The van der Waals surface area contributed by atoms with E-state index in [1.807, 2.05) is 13.0 Å². The van der Waals surface area contributed by atoms with Gasteiger partial charge in [0.2, 0.25) is 0 Å². The van der Waals surface area contributed by atoms with E-state index >= 15 is 0 Å². The molecule has 0 saturated carbocycles. The summed E-state index contributed by atoms with van der Waals surface area (Å²) in [7, 11) is 1.76. The Hall–Kier alpha value is -3.09. The molecule has 0 bridgehead atoms. The molecule has 0 atom stereocenters. The molecule has 0 aliphatic heterocycles. The van der Waals surface area contributed by atoms with Crippen LogP contribution >= 0.6 is 0 Å². The highest BCUT2D eigenvalue weighted by atomic mass is 19.1. The van der Waals surface area contributed by atoms with Crippen molar-refractivity contribution in [2.75, 3.05) is 11.9 Å². The number of benzene rings is 2. The number of aromatic nitrogens is 4. The van der Waals surface area contributed by atoms with Crippen molar-refractivity contribution >= 4 is 28.2 Å². The van der Waals surface area contributed by atoms with Gasteiger partial charge in [-0.2, -0.15) is 4.98 Å².